The fourth-order valence-electron chi connectivity index (χ4n) is 3.89. The lowest BCUT2D eigenvalue weighted by Crippen LogP contribution is -2.60. The van der Waals surface area contributed by atoms with Crippen LogP contribution < -0.4 is 27.4 Å². The first-order valence-corrected chi connectivity index (χ1v) is 12.5. The number of aliphatic hydroxyl groups is 2. The maximum absolute atomic E-state index is 13.0. The maximum atomic E-state index is 13.0. The summed E-state index contributed by atoms with van der Waals surface area (Å²) in [5.41, 5.74) is 12.7. The third-order valence-electron chi connectivity index (χ3n) is 6.18. The molecule has 13 heteroatoms. The number of carbonyl (C=O) groups is 4. The molecule has 1 aromatic heterocycles. The molecule has 6 unspecified atom stereocenters. The number of aliphatic carboxylic acids is 1. The number of aromatic amines is 1. The van der Waals surface area contributed by atoms with E-state index in [2.05, 4.69) is 20.9 Å². The van der Waals surface area contributed by atoms with E-state index in [1.807, 2.05) is 24.3 Å². The Morgan fingerprint density at radius 1 is 0.921 bits per heavy atom. The molecule has 2 rings (SSSR count). The van der Waals surface area contributed by atoms with Crippen LogP contribution >= 0.6 is 0 Å². The minimum Gasteiger partial charge on any atom is -0.480 e. The Bertz CT molecular complexity index is 1100. The lowest BCUT2D eigenvalue weighted by atomic mass is 10.0. The summed E-state index contributed by atoms with van der Waals surface area (Å²) in [5, 5.41) is 37.6. The quantitative estimate of drug-likeness (QED) is 0.120. The van der Waals surface area contributed by atoms with E-state index < -0.39 is 60.1 Å². The molecule has 2 aromatic rings. The van der Waals surface area contributed by atoms with Crippen molar-refractivity contribution in [1.82, 2.24) is 20.9 Å². The molecule has 6 atom stereocenters. The Morgan fingerprint density at radius 3 is 2.18 bits per heavy atom. The molecule has 13 nitrogen and oxygen atoms in total. The van der Waals surface area contributed by atoms with Crippen LogP contribution in [0.3, 0.4) is 0 Å². The molecule has 1 heterocycles. The summed E-state index contributed by atoms with van der Waals surface area (Å²) in [7, 11) is 0. The second kappa shape index (κ2) is 14.4. The van der Waals surface area contributed by atoms with E-state index in [1.54, 1.807) is 6.20 Å². The van der Waals surface area contributed by atoms with Crippen molar-refractivity contribution in [2.45, 2.75) is 75.9 Å². The molecule has 0 spiro atoms. The van der Waals surface area contributed by atoms with E-state index >= 15 is 0 Å². The molecule has 0 saturated heterocycles. The van der Waals surface area contributed by atoms with Crippen LogP contribution in [0.2, 0.25) is 0 Å². The molecule has 3 amide bonds. The molecule has 1 aromatic carbocycles. The van der Waals surface area contributed by atoms with Crippen molar-refractivity contribution < 1.29 is 34.5 Å². The number of aliphatic hydroxyl groups excluding tert-OH is 2. The van der Waals surface area contributed by atoms with Crippen LogP contribution in [0.5, 0.6) is 0 Å². The summed E-state index contributed by atoms with van der Waals surface area (Å²) < 4.78 is 0. The summed E-state index contributed by atoms with van der Waals surface area (Å²) in [6, 6.07) is 2.04. The maximum Gasteiger partial charge on any atom is 0.326 e. The van der Waals surface area contributed by atoms with Gasteiger partial charge in [0, 0.05) is 23.5 Å². The first kappa shape index (κ1) is 30.7. The van der Waals surface area contributed by atoms with Crippen LogP contribution in [0.25, 0.3) is 10.9 Å². The third-order valence-corrected chi connectivity index (χ3v) is 6.18. The van der Waals surface area contributed by atoms with E-state index in [1.165, 1.54) is 13.8 Å². The fourth-order valence-corrected chi connectivity index (χ4v) is 3.89. The van der Waals surface area contributed by atoms with Gasteiger partial charge in [-0.3, -0.25) is 14.4 Å². The first-order chi connectivity index (χ1) is 18.0. The highest BCUT2D eigenvalue weighted by atomic mass is 16.4. The monoisotopic (exact) mass is 534 g/mol. The first-order valence-electron chi connectivity index (χ1n) is 12.5. The number of H-pyrrole nitrogens is 1. The van der Waals surface area contributed by atoms with Crippen LogP contribution in [-0.2, 0) is 25.6 Å². The fraction of sp³-hybridized carbons (Fsp3) is 0.520. The molecular weight excluding hydrogens is 496 g/mol. The average molecular weight is 535 g/mol. The normalized spacial score (nSPS) is 16.1. The van der Waals surface area contributed by atoms with E-state index in [0.29, 0.717) is 24.9 Å². The van der Waals surface area contributed by atoms with Gasteiger partial charge in [0.15, 0.2) is 0 Å². The molecule has 0 aliphatic heterocycles. The molecular formula is C25H38N6O7. The Kier molecular flexibility index (Phi) is 11.7. The number of unbranched alkanes of at least 4 members (excludes halogenated alkanes) is 1. The highest BCUT2D eigenvalue weighted by Crippen LogP contribution is 2.19. The van der Waals surface area contributed by atoms with E-state index in [9.17, 15) is 34.5 Å². The average Bonchev–Trinajstić information content (AvgIpc) is 3.27. The van der Waals surface area contributed by atoms with Gasteiger partial charge in [0.05, 0.1) is 12.2 Å². The molecule has 38 heavy (non-hydrogen) atoms. The van der Waals surface area contributed by atoms with Crippen LogP contribution in [0.1, 0.15) is 38.7 Å². The summed E-state index contributed by atoms with van der Waals surface area (Å²) >= 11 is 0. The van der Waals surface area contributed by atoms with Gasteiger partial charge in [-0.15, -0.1) is 0 Å². The number of fused-ring (bicyclic) bond motifs is 1. The minimum absolute atomic E-state index is 0.0411. The van der Waals surface area contributed by atoms with Gasteiger partial charge in [0.25, 0.3) is 0 Å². The number of nitrogens with one attached hydrogen (secondary N) is 4. The summed E-state index contributed by atoms with van der Waals surface area (Å²) in [6.45, 7) is 2.96. The van der Waals surface area contributed by atoms with Crippen molar-refractivity contribution >= 4 is 34.6 Å². The van der Waals surface area contributed by atoms with Crippen LogP contribution in [0.15, 0.2) is 30.5 Å². The van der Waals surface area contributed by atoms with Gasteiger partial charge in [0.1, 0.15) is 24.2 Å². The van der Waals surface area contributed by atoms with Gasteiger partial charge in [-0.25, -0.2) is 4.79 Å². The van der Waals surface area contributed by atoms with Gasteiger partial charge >= 0.3 is 5.97 Å². The molecule has 0 aliphatic rings. The number of benzene rings is 1. The van der Waals surface area contributed by atoms with Gasteiger partial charge in [-0.1, -0.05) is 18.2 Å². The van der Waals surface area contributed by atoms with Crippen LogP contribution in [0, 0.1) is 0 Å². The highest BCUT2D eigenvalue weighted by Gasteiger charge is 2.33. The predicted molar refractivity (Wildman–Crippen MR) is 140 cm³/mol. The Hall–Kier alpha value is -3.52. The van der Waals surface area contributed by atoms with Crippen molar-refractivity contribution in [2.75, 3.05) is 6.54 Å². The standard InChI is InChI=1S/C25H38N6O7/c1-13(32)20(27)23(35)29-18(9-5-6-10-26)22(34)31-21(14(2)33)24(36)30-19(25(37)38)11-15-12-28-17-8-4-3-7-16(15)17/h3-4,7-8,12-14,18-21,28,32-33H,5-6,9-11,26-27H2,1-2H3,(H,29,35)(H,30,36)(H,31,34)(H,37,38). The van der Waals surface area contributed by atoms with Gasteiger partial charge < -0.3 is 47.7 Å². The lowest BCUT2D eigenvalue weighted by Gasteiger charge is -2.27. The molecule has 11 N–H and O–H groups in total. The molecule has 210 valence electrons. The summed E-state index contributed by atoms with van der Waals surface area (Å²) in [5.74, 6) is -3.75. The van der Waals surface area contributed by atoms with Crippen LogP contribution in [0.4, 0.5) is 0 Å². The number of para-hydroxylation sites is 1. The molecule has 0 aliphatic carbocycles. The number of hydrogen-bond acceptors (Lipinski definition) is 8. The summed E-state index contributed by atoms with van der Waals surface area (Å²) in [4.78, 5) is 53.4. The number of rotatable bonds is 15. The third kappa shape index (κ3) is 8.52. The Morgan fingerprint density at radius 2 is 1.58 bits per heavy atom. The highest BCUT2D eigenvalue weighted by molar-refractivity contribution is 5.94. The SMILES string of the molecule is CC(O)C(N)C(=O)NC(CCCCN)C(=O)NC(C(=O)NC(Cc1c[nH]c2ccccc12)C(=O)O)C(C)O. The van der Waals surface area contributed by atoms with Crippen molar-refractivity contribution in [3.8, 4) is 0 Å². The Labute approximate surface area is 220 Å². The zero-order valence-electron chi connectivity index (χ0n) is 21.5. The number of amides is 3. The number of carbonyl (C=O) groups excluding carboxylic acids is 3. The topological polar surface area (TPSA) is 233 Å². The molecule has 0 fully saturated rings. The number of carboxylic acids is 1. The number of nitrogens with two attached hydrogens (primary N) is 2. The zero-order valence-corrected chi connectivity index (χ0v) is 21.5. The van der Waals surface area contributed by atoms with E-state index in [-0.39, 0.29) is 12.8 Å². The van der Waals surface area contributed by atoms with Crippen molar-refractivity contribution in [2.24, 2.45) is 11.5 Å². The number of carboxylic acid groups (broad SMARTS) is 1. The molecule has 0 saturated carbocycles. The van der Waals surface area contributed by atoms with Gasteiger partial charge in [-0.2, -0.15) is 0 Å². The second-order valence-corrected chi connectivity index (χ2v) is 9.30. The van der Waals surface area contributed by atoms with E-state index in [0.717, 1.165) is 10.9 Å². The minimum atomic E-state index is -1.51. The second-order valence-electron chi connectivity index (χ2n) is 9.30. The van der Waals surface area contributed by atoms with Gasteiger partial charge in [-0.05, 0) is 51.3 Å². The lowest BCUT2D eigenvalue weighted by molar-refractivity contribution is -0.143. The molecule has 0 bridgehead atoms. The van der Waals surface area contributed by atoms with Crippen molar-refractivity contribution in [3.05, 3.63) is 36.0 Å². The van der Waals surface area contributed by atoms with Crippen molar-refractivity contribution in [3.63, 3.8) is 0 Å². The van der Waals surface area contributed by atoms with Crippen molar-refractivity contribution in [1.29, 1.82) is 0 Å². The Balaban J connectivity index is 2.15. The van der Waals surface area contributed by atoms with Crippen LogP contribution in [-0.4, -0.2) is 86.9 Å². The molecule has 0 radical (unpaired) electrons. The van der Waals surface area contributed by atoms with Gasteiger partial charge in [0.2, 0.25) is 17.7 Å². The zero-order chi connectivity index (χ0) is 28.4. The largest absolute Gasteiger partial charge is 0.480 e. The predicted octanol–water partition coefficient (Wildman–Crippen LogP) is -1.53. The number of hydrogen-bond donors (Lipinski definition) is 9. The van der Waals surface area contributed by atoms with E-state index in [4.69, 9.17) is 11.5 Å². The number of aromatic nitrogens is 1. The summed E-state index contributed by atoms with van der Waals surface area (Å²) in [6.07, 6.45) is 0.263. The smallest absolute Gasteiger partial charge is 0.326 e.